The predicted molar refractivity (Wildman–Crippen MR) is 40.4 cm³/mol. The van der Waals surface area contributed by atoms with Gasteiger partial charge in [0.25, 0.3) is 0 Å². The molecule has 9 heavy (non-hydrogen) atoms. The molecule has 0 aromatic heterocycles. The Morgan fingerprint density at radius 3 is 2.67 bits per heavy atom. The van der Waals surface area contributed by atoms with Gasteiger partial charge in [-0.05, 0) is 12.0 Å². The van der Waals surface area contributed by atoms with Crippen molar-refractivity contribution in [3.63, 3.8) is 0 Å². The Balaban J connectivity index is 3.86. The molecule has 0 saturated carbocycles. The molecule has 0 rings (SSSR count). The van der Waals surface area contributed by atoms with Gasteiger partial charge in [0, 0.05) is 11.6 Å². The van der Waals surface area contributed by atoms with Crippen LogP contribution in [0.4, 0.5) is 0 Å². The topological polar surface area (TPSA) is 26.0 Å². The van der Waals surface area contributed by atoms with E-state index in [9.17, 15) is 0 Å². The molecular formula is C8H9N. The standard InChI is InChI=1S/C8H9N/c1-3-4-5-8(2)6-7-9/h3-5H,1-2,9H2/b5-4-. The third-order valence-electron chi connectivity index (χ3n) is 0.666. The minimum absolute atomic E-state index is 0.692. The van der Waals surface area contributed by atoms with Gasteiger partial charge >= 0.3 is 0 Å². The van der Waals surface area contributed by atoms with Crippen LogP contribution in [-0.4, -0.2) is 0 Å². The second-order valence-corrected chi connectivity index (χ2v) is 1.39. The van der Waals surface area contributed by atoms with Crippen molar-refractivity contribution in [2.75, 3.05) is 0 Å². The first kappa shape index (κ1) is 7.58. The number of nitrogens with two attached hydrogens (primary N) is 1. The van der Waals surface area contributed by atoms with E-state index in [0.717, 1.165) is 0 Å². The number of allylic oxidation sites excluding steroid dienone is 4. The van der Waals surface area contributed by atoms with Gasteiger partial charge in [-0.15, -0.1) is 0 Å². The normalized spacial score (nSPS) is 8.00. The Bertz CT molecular complexity index is 188. The van der Waals surface area contributed by atoms with E-state index in [2.05, 4.69) is 25.1 Å². The lowest BCUT2D eigenvalue weighted by Gasteiger charge is -1.78. The smallest absolute Gasteiger partial charge is 0.0191 e. The van der Waals surface area contributed by atoms with Crippen molar-refractivity contribution in [3.8, 4) is 12.0 Å². The van der Waals surface area contributed by atoms with Crippen LogP contribution in [0.5, 0.6) is 0 Å². The summed E-state index contributed by atoms with van der Waals surface area (Å²) in [5.41, 5.74) is 5.61. The van der Waals surface area contributed by atoms with Crippen LogP contribution in [-0.2, 0) is 0 Å². The van der Waals surface area contributed by atoms with Crippen molar-refractivity contribution >= 4 is 0 Å². The molecule has 0 radical (unpaired) electrons. The van der Waals surface area contributed by atoms with E-state index in [1.165, 1.54) is 0 Å². The lowest BCUT2D eigenvalue weighted by Crippen LogP contribution is -1.76. The lowest BCUT2D eigenvalue weighted by molar-refractivity contribution is 1.71. The highest BCUT2D eigenvalue weighted by molar-refractivity contribution is 5.35. The lowest BCUT2D eigenvalue weighted by atomic mass is 10.3. The van der Waals surface area contributed by atoms with E-state index in [1.54, 1.807) is 18.2 Å². The summed E-state index contributed by atoms with van der Waals surface area (Å²) in [5, 5.41) is 0. The Kier molecular flexibility index (Phi) is 3.99. The Hall–Kier alpha value is -1.42. The molecule has 2 N–H and O–H groups in total. The first-order valence-electron chi connectivity index (χ1n) is 2.51. The van der Waals surface area contributed by atoms with Crippen LogP contribution in [0.2, 0.25) is 0 Å². The molecular weight excluding hydrogens is 110 g/mol. The predicted octanol–water partition coefficient (Wildman–Crippen LogP) is 1.20. The first-order valence-corrected chi connectivity index (χ1v) is 2.51. The molecule has 0 aliphatic rings. The van der Waals surface area contributed by atoms with Gasteiger partial charge in [-0.2, -0.15) is 0 Å². The minimum atomic E-state index is 0.692. The summed E-state index contributed by atoms with van der Waals surface area (Å²) in [7, 11) is 0. The van der Waals surface area contributed by atoms with E-state index < -0.39 is 0 Å². The average Bonchev–Trinajstić information content (AvgIpc) is 1.85. The van der Waals surface area contributed by atoms with Gasteiger partial charge in [-0.25, -0.2) is 0 Å². The monoisotopic (exact) mass is 119 g/mol. The molecule has 0 unspecified atom stereocenters. The molecule has 0 aromatic rings. The van der Waals surface area contributed by atoms with E-state index in [4.69, 9.17) is 5.73 Å². The number of hydrogen-bond donors (Lipinski definition) is 1. The Morgan fingerprint density at radius 2 is 2.22 bits per heavy atom. The van der Waals surface area contributed by atoms with Gasteiger partial charge in [-0.3, -0.25) is 0 Å². The van der Waals surface area contributed by atoms with Crippen molar-refractivity contribution in [2.24, 2.45) is 5.73 Å². The highest BCUT2D eigenvalue weighted by atomic mass is 14.4. The summed E-state index contributed by atoms with van der Waals surface area (Å²) in [4.78, 5) is 0. The van der Waals surface area contributed by atoms with Gasteiger partial charge in [0.2, 0.25) is 0 Å². The summed E-state index contributed by atoms with van der Waals surface area (Å²) in [6.45, 7) is 7.08. The average molecular weight is 119 g/mol. The van der Waals surface area contributed by atoms with Crippen molar-refractivity contribution < 1.29 is 0 Å². The maximum Gasteiger partial charge on any atom is 0.0191 e. The molecule has 1 heteroatoms. The Labute approximate surface area is 55.6 Å². The third kappa shape index (κ3) is 4.43. The van der Waals surface area contributed by atoms with Crippen LogP contribution in [0.25, 0.3) is 0 Å². The molecule has 0 bridgehead atoms. The van der Waals surface area contributed by atoms with Crippen molar-refractivity contribution in [3.05, 3.63) is 37.0 Å². The largest absolute Gasteiger partial charge is 0.359 e. The molecule has 0 amide bonds. The van der Waals surface area contributed by atoms with E-state index >= 15 is 0 Å². The van der Waals surface area contributed by atoms with Gasteiger partial charge in [0.1, 0.15) is 0 Å². The molecule has 0 heterocycles. The second kappa shape index (κ2) is 4.73. The summed E-state index contributed by atoms with van der Waals surface area (Å²) in [6.07, 6.45) is 5.16. The van der Waals surface area contributed by atoms with Gasteiger partial charge in [-0.1, -0.05) is 25.3 Å². The van der Waals surface area contributed by atoms with E-state index in [-0.39, 0.29) is 0 Å². The number of rotatable bonds is 2. The highest BCUT2D eigenvalue weighted by Gasteiger charge is 1.72. The molecule has 0 spiro atoms. The number of hydrogen-bond acceptors (Lipinski definition) is 1. The molecule has 0 saturated heterocycles. The quantitative estimate of drug-likeness (QED) is 0.330. The summed E-state index contributed by atoms with van der Waals surface area (Å²) in [5.74, 6) is 2.58. The van der Waals surface area contributed by atoms with Crippen LogP contribution in [0.3, 0.4) is 0 Å². The maximum absolute atomic E-state index is 4.92. The molecule has 0 aliphatic carbocycles. The minimum Gasteiger partial charge on any atom is -0.359 e. The molecule has 0 fully saturated rings. The van der Waals surface area contributed by atoms with Crippen LogP contribution in [0, 0.1) is 12.0 Å². The summed E-state index contributed by atoms with van der Waals surface area (Å²) < 4.78 is 0. The molecule has 0 aromatic carbocycles. The van der Waals surface area contributed by atoms with Crippen LogP contribution >= 0.6 is 0 Å². The fourth-order valence-corrected chi connectivity index (χ4v) is 0.319. The molecule has 46 valence electrons. The van der Waals surface area contributed by atoms with E-state index in [0.29, 0.717) is 5.57 Å². The van der Waals surface area contributed by atoms with Gasteiger partial charge < -0.3 is 5.73 Å². The summed E-state index contributed by atoms with van der Waals surface area (Å²) >= 11 is 0. The molecule has 0 atom stereocenters. The van der Waals surface area contributed by atoms with Gasteiger partial charge in [0.15, 0.2) is 0 Å². The third-order valence-corrected chi connectivity index (χ3v) is 0.666. The summed E-state index contributed by atoms with van der Waals surface area (Å²) in [6, 6.07) is 2.24. The van der Waals surface area contributed by atoms with Crippen LogP contribution < -0.4 is 5.73 Å². The van der Waals surface area contributed by atoms with Crippen molar-refractivity contribution in [1.29, 1.82) is 0 Å². The maximum atomic E-state index is 4.92. The first-order chi connectivity index (χ1) is 4.31. The Morgan fingerprint density at radius 1 is 1.56 bits per heavy atom. The zero-order valence-electron chi connectivity index (χ0n) is 5.22. The van der Waals surface area contributed by atoms with Crippen molar-refractivity contribution in [1.82, 2.24) is 0 Å². The van der Waals surface area contributed by atoms with Crippen LogP contribution in [0.15, 0.2) is 37.0 Å². The molecule has 1 nitrogen and oxygen atoms in total. The van der Waals surface area contributed by atoms with E-state index in [1.807, 2.05) is 0 Å². The van der Waals surface area contributed by atoms with Crippen LogP contribution in [0.1, 0.15) is 0 Å². The highest BCUT2D eigenvalue weighted by Crippen LogP contribution is 1.87. The second-order valence-electron chi connectivity index (χ2n) is 1.39. The fraction of sp³-hybridized carbons (Fsp3) is 0. The fourth-order valence-electron chi connectivity index (χ4n) is 0.319. The SMILES string of the molecule is C=C/C=C\C(=C)C#CN. The van der Waals surface area contributed by atoms with Crippen molar-refractivity contribution in [2.45, 2.75) is 0 Å². The molecule has 0 aliphatic heterocycles. The van der Waals surface area contributed by atoms with Gasteiger partial charge in [0.05, 0.1) is 0 Å². The zero-order valence-corrected chi connectivity index (χ0v) is 5.22. The zero-order chi connectivity index (χ0) is 7.11.